The van der Waals surface area contributed by atoms with Crippen LogP contribution < -0.4 is 4.90 Å². The van der Waals surface area contributed by atoms with E-state index in [0.717, 1.165) is 54.9 Å². The Morgan fingerprint density at radius 1 is 1.28 bits per heavy atom. The molecule has 2 aliphatic heterocycles. The number of anilines is 1. The number of nitrogens with zero attached hydrogens (tertiary/aromatic N) is 2. The molecule has 0 aliphatic carbocycles. The monoisotopic (exact) mass is 358 g/mol. The average molecular weight is 358 g/mol. The fourth-order valence-corrected chi connectivity index (χ4v) is 3.82. The normalized spacial score (nSPS) is 21.1. The van der Waals surface area contributed by atoms with Crippen molar-refractivity contribution in [1.29, 1.82) is 0 Å². The van der Waals surface area contributed by atoms with Gasteiger partial charge in [0, 0.05) is 18.8 Å². The van der Waals surface area contributed by atoms with Crippen molar-refractivity contribution in [3.05, 3.63) is 46.9 Å². The van der Waals surface area contributed by atoms with Crippen molar-refractivity contribution in [3.8, 4) is 0 Å². The van der Waals surface area contributed by atoms with Crippen LogP contribution in [0, 0.1) is 6.92 Å². The summed E-state index contributed by atoms with van der Waals surface area (Å²) in [4.78, 5) is 28.6. The van der Waals surface area contributed by atoms with Gasteiger partial charge in [-0.25, -0.2) is 0 Å². The number of hydrogen-bond donors (Lipinski definition) is 0. The molecule has 1 aromatic rings. The Hall–Kier alpha value is -2.05. The van der Waals surface area contributed by atoms with Crippen molar-refractivity contribution in [2.75, 3.05) is 31.2 Å². The van der Waals surface area contributed by atoms with Crippen LogP contribution in [0.3, 0.4) is 0 Å². The SMILES string of the molecule is C=CC(C)N1C(=O)SC(=Cc2ccc(N3CCOCC3)cc2C)C1=O. The number of rotatable bonds is 4. The van der Waals surface area contributed by atoms with Gasteiger partial charge < -0.3 is 9.64 Å². The number of hydrogen-bond acceptors (Lipinski definition) is 5. The molecule has 1 aromatic carbocycles. The Bertz CT molecular complexity index is 738. The molecule has 2 aliphatic rings. The maximum absolute atomic E-state index is 12.5. The number of carbonyl (C=O) groups is 2. The van der Waals surface area contributed by atoms with E-state index in [1.165, 1.54) is 4.90 Å². The molecule has 0 aromatic heterocycles. The molecule has 0 saturated carbocycles. The third-order valence-corrected chi connectivity index (χ3v) is 5.37. The Labute approximate surface area is 152 Å². The predicted octanol–water partition coefficient (Wildman–Crippen LogP) is 3.44. The lowest BCUT2D eigenvalue weighted by molar-refractivity contribution is -0.123. The molecule has 3 rings (SSSR count). The van der Waals surface area contributed by atoms with Gasteiger partial charge >= 0.3 is 0 Å². The van der Waals surface area contributed by atoms with Crippen molar-refractivity contribution >= 4 is 34.7 Å². The minimum Gasteiger partial charge on any atom is -0.378 e. The first kappa shape index (κ1) is 17.8. The summed E-state index contributed by atoms with van der Waals surface area (Å²) >= 11 is 0.985. The van der Waals surface area contributed by atoms with Crippen LogP contribution in [-0.4, -0.2) is 48.4 Å². The Morgan fingerprint density at radius 2 is 2.00 bits per heavy atom. The first-order valence-electron chi connectivity index (χ1n) is 8.34. The summed E-state index contributed by atoms with van der Waals surface area (Å²) in [5.41, 5.74) is 3.19. The minimum absolute atomic E-state index is 0.244. The number of thioether (sulfide) groups is 1. The molecule has 2 heterocycles. The lowest BCUT2D eigenvalue weighted by atomic mass is 10.1. The number of aryl methyl sites for hydroxylation is 1. The molecule has 0 radical (unpaired) electrons. The van der Waals surface area contributed by atoms with Crippen molar-refractivity contribution in [2.24, 2.45) is 0 Å². The zero-order chi connectivity index (χ0) is 18.0. The van der Waals surface area contributed by atoms with Gasteiger partial charge in [0.2, 0.25) is 0 Å². The molecule has 1 atom stereocenters. The smallest absolute Gasteiger partial charge is 0.294 e. The molecular formula is C19H22N2O3S. The lowest BCUT2D eigenvalue weighted by Gasteiger charge is -2.29. The number of imide groups is 1. The highest BCUT2D eigenvalue weighted by Gasteiger charge is 2.37. The first-order chi connectivity index (χ1) is 12.0. The molecule has 0 bridgehead atoms. The van der Waals surface area contributed by atoms with E-state index >= 15 is 0 Å². The van der Waals surface area contributed by atoms with Gasteiger partial charge in [-0.1, -0.05) is 12.1 Å². The topological polar surface area (TPSA) is 49.9 Å². The third-order valence-electron chi connectivity index (χ3n) is 4.49. The van der Waals surface area contributed by atoms with E-state index in [1.54, 1.807) is 19.1 Å². The molecule has 2 fully saturated rings. The molecular weight excluding hydrogens is 336 g/mol. The molecule has 0 N–H and O–H groups in total. The van der Waals surface area contributed by atoms with Gasteiger partial charge in [0.05, 0.1) is 24.2 Å². The summed E-state index contributed by atoms with van der Waals surface area (Å²) in [7, 11) is 0. The molecule has 2 saturated heterocycles. The van der Waals surface area contributed by atoms with E-state index in [1.807, 2.05) is 13.0 Å². The van der Waals surface area contributed by atoms with Gasteiger partial charge in [-0.3, -0.25) is 14.5 Å². The summed E-state index contributed by atoms with van der Waals surface area (Å²) in [5, 5.41) is -0.244. The highest BCUT2D eigenvalue weighted by Crippen LogP contribution is 2.34. The van der Waals surface area contributed by atoms with Crippen LogP contribution >= 0.6 is 11.8 Å². The second kappa shape index (κ2) is 7.45. The largest absolute Gasteiger partial charge is 0.378 e. The van der Waals surface area contributed by atoms with E-state index in [2.05, 4.69) is 23.6 Å². The van der Waals surface area contributed by atoms with Gasteiger partial charge in [-0.15, -0.1) is 6.58 Å². The number of ether oxygens (including phenoxy) is 1. The van der Waals surface area contributed by atoms with E-state index in [-0.39, 0.29) is 17.2 Å². The maximum Gasteiger partial charge on any atom is 0.294 e. The second-order valence-electron chi connectivity index (χ2n) is 6.17. The number of morpholine rings is 1. The van der Waals surface area contributed by atoms with Crippen molar-refractivity contribution in [2.45, 2.75) is 19.9 Å². The van der Waals surface area contributed by atoms with Crippen LogP contribution in [0.4, 0.5) is 10.5 Å². The fraction of sp³-hybridized carbons (Fsp3) is 0.368. The number of amides is 2. The molecule has 2 amide bonds. The molecule has 132 valence electrons. The maximum atomic E-state index is 12.5. The van der Waals surface area contributed by atoms with Crippen molar-refractivity contribution in [3.63, 3.8) is 0 Å². The van der Waals surface area contributed by atoms with Crippen LogP contribution in [0.5, 0.6) is 0 Å². The Morgan fingerprint density at radius 3 is 2.64 bits per heavy atom. The molecule has 5 nitrogen and oxygen atoms in total. The number of carbonyl (C=O) groups excluding carboxylic acids is 2. The lowest BCUT2D eigenvalue weighted by Crippen LogP contribution is -2.36. The van der Waals surface area contributed by atoms with Crippen LogP contribution in [0.15, 0.2) is 35.8 Å². The highest BCUT2D eigenvalue weighted by atomic mass is 32.2. The number of benzene rings is 1. The fourth-order valence-electron chi connectivity index (χ4n) is 2.92. The Balaban J connectivity index is 1.82. The van der Waals surface area contributed by atoms with E-state index < -0.39 is 0 Å². The zero-order valence-corrected chi connectivity index (χ0v) is 15.3. The van der Waals surface area contributed by atoms with Gasteiger partial charge in [-0.05, 0) is 54.9 Å². The van der Waals surface area contributed by atoms with Gasteiger partial charge in [0.15, 0.2) is 0 Å². The van der Waals surface area contributed by atoms with Crippen LogP contribution in [0.1, 0.15) is 18.1 Å². The quantitative estimate of drug-likeness (QED) is 0.609. The van der Waals surface area contributed by atoms with Crippen LogP contribution in [0.25, 0.3) is 6.08 Å². The van der Waals surface area contributed by atoms with Crippen molar-refractivity contribution < 1.29 is 14.3 Å². The van der Waals surface area contributed by atoms with Gasteiger partial charge in [-0.2, -0.15) is 0 Å². The van der Waals surface area contributed by atoms with Crippen molar-refractivity contribution in [1.82, 2.24) is 4.90 Å². The highest BCUT2D eigenvalue weighted by molar-refractivity contribution is 8.18. The summed E-state index contributed by atoms with van der Waals surface area (Å²) in [6.45, 7) is 10.7. The summed E-state index contributed by atoms with van der Waals surface area (Å²) in [6, 6.07) is 5.88. The molecule has 1 unspecified atom stereocenters. The first-order valence-corrected chi connectivity index (χ1v) is 9.16. The molecule has 25 heavy (non-hydrogen) atoms. The van der Waals surface area contributed by atoms with E-state index in [9.17, 15) is 9.59 Å². The summed E-state index contributed by atoms with van der Waals surface area (Å²) in [6.07, 6.45) is 3.40. The molecule has 6 heteroatoms. The van der Waals surface area contributed by atoms with E-state index in [0.29, 0.717) is 4.91 Å². The van der Waals surface area contributed by atoms with Gasteiger partial charge in [0.1, 0.15) is 0 Å². The predicted molar refractivity (Wildman–Crippen MR) is 102 cm³/mol. The summed E-state index contributed by atoms with van der Waals surface area (Å²) < 4.78 is 5.39. The standard InChI is InChI=1S/C19H22N2O3S/c1-4-14(3)21-18(22)17(25-19(21)23)12-15-5-6-16(11-13(15)2)20-7-9-24-10-8-20/h4-6,11-12,14H,1,7-10H2,2-3H3. The second-order valence-corrected chi connectivity index (χ2v) is 7.16. The minimum atomic E-state index is -0.303. The van der Waals surface area contributed by atoms with Crippen LogP contribution in [0.2, 0.25) is 0 Å². The zero-order valence-electron chi connectivity index (χ0n) is 14.5. The Kier molecular flexibility index (Phi) is 5.30. The summed E-state index contributed by atoms with van der Waals surface area (Å²) in [5.74, 6) is -0.251. The molecule has 0 spiro atoms. The third kappa shape index (κ3) is 3.65. The average Bonchev–Trinajstić information content (AvgIpc) is 2.90. The van der Waals surface area contributed by atoms with Crippen LogP contribution in [-0.2, 0) is 9.53 Å². The van der Waals surface area contributed by atoms with Gasteiger partial charge in [0.25, 0.3) is 11.1 Å². The van der Waals surface area contributed by atoms with E-state index in [4.69, 9.17) is 4.74 Å².